The Bertz CT molecular complexity index is 1140. The third-order valence-electron chi connectivity index (χ3n) is 6.89. The Hall–Kier alpha value is -2.90. The molecule has 0 saturated heterocycles. The summed E-state index contributed by atoms with van der Waals surface area (Å²) in [5, 5.41) is 11.9. The second-order valence-electron chi connectivity index (χ2n) is 8.86. The Balaban J connectivity index is 0.00000126. The number of aromatic nitrogens is 2. The van der Waals surface area contributed by atoms with Crippen LogP contribution in [0, 0.1) is 17.2 Å². The molecular weight excluding hydrogens is 435 g/mol. The van der Waals surface area contributed by atoms with Crippen molar-refractivity contribution in [2.75, 3.05) is 0 Å². The van der Waals surface area contributed by atoms with Gasteiger partial charge in [0.15, 0.2) is 0 Å². The number of hydrogen-bond donors (Lipinski definition) is 3. The highest BCUT2D eigenvalue weighted by molar-refractivity contribution is 7.77. The predicted octanol–water partition coefficient (Wildman–Crippen LogP) is 4.86. The van der Waals surface area contributed by atoms with Crippen LogP contribution in [0.25, 0.3) is 11.8 Å². The van der Waals surface area contributed by atoms with Gasteiger partial charge < -0.3 is 5.32 Å². The number of nitrogens with one attached hydrogen (secondary N) is 1. The predicted molar refractivity (Wildman–Crippen MR) is 132 cm³/mol. The minimum Gasteiger partial charge on any atom is -0.352 e. The molecule has 7 heteroatoms. The average Bonchev–Trinajstić information content (AvgIpc) is 3.24. The van der Waals surface area contributed by atoms with E-state index in [2.05, 4.69) is 41.4 Å². The number of allylic oxidation sites excluding steroid dienone is 1. The van der Waals surface area contributed by atoms with Gasteiger partial charge in [-0.25, -0.2) is 9.07 Å². The van der Waals surface area contributed by atoms with Crippen molar-refractivity contribution < 1.29 is 9.18 Å². The van der Waals surface area contributed by atoms with Crippen LogP contribution in [0.1, 0.15) is 43.0 Å². The lowest BCUT2D eigenvalue weighted by Crippen LogP contribution is -2.45. The number of benzene rings is 2. The van der Waals surface area contributed by atoms with Crippen molar-refractivity contribution in [2.45, 2.75) is 39.2 Å². The number of nitrogens with two attached hydrogens (primary N) is 1. The van der Waals surface area contributed by atoms with E-state index < -0.39 is 0 Å². The van der Waals surface area contributed by atoms with Crippen molar-refractivity contribution in [3.05, 3.63) is 89.0 Å². The van der Waals surface area contributed by atoms with E-state index in [-0.39, 0.29) is 23.1 Å². The number of rotatable bonds is 4. The highest BCUT2D eigenvalue weighted by Crippen LogP contribution is 2.51. The van der Waals surface area contributed by atoms with Crippen molar-refractivity contribution in [2.24, 2.45) is 16.5 Å². The molecule has 2 aliphatic carbocycles. The van der Waals surface area contributed by atoms with E-state index in [1.807, 2.05) is 41.2 Å². The van der Waals surface area contributed by atoms with Crippen molar-refractivity contribution in [3.8, 4) is 5.69 Å². The Labute approximate surface area is 199 Å². The van der Waals surface area contributed by atoms with E-state index in [0.717, 1.165) is 48.2 Å². The fourth-order valence-electron chi connectivity index (χ4n) is 5.16. The lowest BCUT2D eigenvalue weighted by atomic mass is 9.59. The van der Waals surface area contributed by atoms with Gasteiger partial charge in [0, 0.05) is 17.9 Å². The molecule has 0 spiro atoms. The number of amides is 1. The highest BCUT2D eigenvalue weighted by Gasteiger charge is 2.46. The second-order valence-corrected chi connectivity index (χ2v) is 8.86. The Morgan fingerprint density at radius 2 is 1.94 bits per heavy atom. The van der Waals surface area contributed by atoms with Gasteiger partial charge in [0.2, 0.25) is 5.91 Å². The van der Waals surface area contributed by atoms with Crippen LogP contribution >= 0.6 is 12.8 Å². The zero-order chi connectivity index (χ0) is 23.4. The van der Waals surface area contributed by atoms with Gasteiger partial charge in [-0.15, -0.1) is 12.8 Å². The summed E-state index contributed by atoms with van der Waals surface area (Å²) in [4.78, 5) is 13.2. The first kappa shape index (κ1) is 23.3. The molecule has 1 fully saturated rings. The highest BCUT2D eigenvalue weighted by atomic mass is 32.1. The molecular formula is C26H29FN4OS. The topological polar surface area (TPSA) is 72.9 Å². The summed E-state index contributed by atoms with van der Waals surface area (Å²) in [7, 11) is 0. The molecule has 3 aromatic rings. The number of hydrogen-bond acceptors (Lipinski definition) is 4. The first-order valence-corrected chi connectivity index (χ1v) is 11.7. The monoisotopic (exact) mass is 464 g/mol. The summed E-state index contributed by atoms with van der Waals surface area (Å²) in [5.74, 6) is -0.183. The molecule has 2 aliphatic rings. The summed E-state index contributed by atoms with van der Waals surface area (Å²) >= 11 is 3.03. The molecule has 0 radical (unpaired) electrons. The molecule has 2 atom stereocenters. The first-order valence-electron chi connectivity index (χ1n) is 11.2. The minimum atomic E-state index is -0.257. The molecule has 1 unspecified atom stereocenters. The normalized spacial score (nSPS) is 21.1. The molecule has 1 amide bonds. The zero-order valence-corrected chi connectivity index (χ0v) is 19.6. The van der Waals surface area contributed by atoms with E-state index in [9.17, 15) is 9.18 Å². The van der Waals surface area contributed by atoms with E-state index in [4.69, 9.17) is 0 Å². The maximum atomic E-state index is 13.3. The standard InChI is InChI=1S/C26H26FN3O.H3NS/c1-26-15-19-17-29-30(22-12-10-21(27)11-13-22)24(19)14-20(26)8-5-9-23(26)25(31)28-16-18-6-3-2-4-7-18;1-2/h2-4,6-7,10-14,17,23H,5,8-9,15-16H2,1H3,(H,28,31);2H,1H2/t23?,26-;/m0./s1. The molecule has 0 bridgehead atoms. The second kappa shape index (κ2) is 9.93. The molecule has 1 aromatic heterocycles. The van der Waals surface area contributed by atoms with E-state index >= 15 is 0 Å². The van der Waals surface area contributed by atoms with Crippen LogP contribution in [0.5, 0.6) is 0 Å². The number of fused-ring (bicyclic) bond motifs is 2. The number of thiol groups is 1. The van der Waals surface area contributed by atoms with Gasteiger partial charge in [0.05, 0.1) is 17.6 Å². The van der Waals surface area contributed by atoms with E-state index in [0.29, 0.717) is 6.54 Å². The maximum absolute atomic E-state index is 13.3. The van der Waals surface area contributed by atoms with Crippen LogP contribution in [-0.2, 0) is 17.8 Å². The van der Waals surface area contributed by atoms with Crippen LogP contribution in [0.2, 0.25) is 0 Å². The van der Waals surface area contributed by atoms with E-state index in [1.165, 1.54) is 17.7 Å². The fraction of sp³-hybridized carbons (Fsp3) is 0.308. The molecule has 172 valence electrons. The number of halogens is 1. The lowest BCUT2D eigenvalue weighted by Gasteiger charge is -2.45. The molecule has 33 heavy (non-hydrogen) atoms. The van der Waals surface area contributed by atoms with Crippen LogP contribution in [0.15, 0.2) is 66.4 Å². The Morgan fingerprint density at radius 1 is 1.21 bits per heavy atom. The number of carbonyl (C=O) groups excluding carboxylic acids is 1. The summed E-state index contributed by atoms with van der Waals surface area (Å²) in [6.07, 6.45) is 7.79. The summed E-state index contributed by atoms with van der Waals surface area (Å²) < 4.78 is 15.2. The third kappa shape index (κ3) is 4.61. The molecule has 5 rings (SSSR count). The molecule has 0 aliphatic heterocycles. The van der Waals surface area contributed by atoms with Gasteiger partial charge in [-0.05, 0) is 67.2 Å². The van der Waals surface area contributed by atoms with Crippen molar-refractivity contribution in [3.63, 3.8) is 0 Å². The van der Waals surface area contributed by atoms with Crippen molar-refractivity contribution >= 4 is 24.8 Å². The van der Waals surface area contributed by atoms with Crippen LogP contribution in [0.4, 0.5) is 4.39 Å². The van der Waals surface area contributed by atoms with E-state index in [1.54, 1.807) is 12.1 Å². The molecule has 3 N–H and O–H groups in total. The van der Waals surface area contributed by atoms with Crippen LogP contribution in [0.3, 0.4) is 0 Å². The van der Waals surface area contributed by atoms with Gasteiger partial charge in [-0.3, -0.25) is 9.93 Å². The third-order valence-corrected chi connectivity index (χ3v) is 6.89. The van der Waals surface area contributed by atoms with Gasteiger partial charge in [0.25, 0.3) is 0 Å². The summed E-state index contributed by atoms with van der Waals surface area (Å²) in [6, 6.07) is 16.4. The molecule has 2 aromatic carbocycles. The SMILES string of the molecule is C[C@]12Cc3cnn(-c4ccc(F)cc4)c3C=C1CCCC2C(=O)NCc1ccccc1.NS. The molecule has 1 saturated carbocycles. The molecule has 1 heterocycles. The zero-order valence-electron chi connectivity index (χ0n) is 18.7. The number of carbonyl (C=O) groups is 1. The summed E-state index contributed by atoms with van der Waals surface area (Å²) in [5.41, 5.74) is 5.25. The Kier molecular flexibility index (Phi) is 7.00. The smallest absolute Gasteiger partial charge is 0.224 e. The summed E-state index contributed by atoms with van der Waals surface area (Å²) in [6.45, 7) is 2.78. The largest absolute Gasteiger partial charge is 0.352 e. The maximum Gasteiger partial charge on any atom is 0.224 e. The average molecular weight is 465 g/mol. The van der Waals surface area contributed by atoms with Gasteiger partial charge in [0.1, 0.15) is 5.82 Å². The van der Waals surface area contributed by atoms with Gasteiger partial charge >= 0.3 is 0 Å². The van der Waals surface area contributed by atoms with Gasteiger partial charge in [-0.1, -0.05) is 42.8 Å². The van der Waals surface area contributed by atoms with Crippen LogP contribution in [-0.4, -0.2) is 15.7 Å². The minimum absolute atomic E-state index is 0.0569. The van der Waals surface area contributed by atoms with Crippen LogP contribution < -0.4 is 10.5 Å². The van der Waals surface area contributed by atoms with Crippen molar-refractivity contribution in [1.82, 2.24) is 15.1 Å². The first-order chi connectivity index (χ1) is 16.0. The fourth-order valence-corrected chi connectivity index (χ4v) is 5.16. The van der Waals surface area contributed by atoms with Gasteiger partial charge in [-0.2, -0.15) is 5.10 Å². The quantitative estimate of drug-likeness (QED) is 0.483. The van der Waals surface area contributed by atoms with Crippen molar-refractivity contribution in [1.29, 1.82) is 0 Å². The number of nitrogens with zero attached hydrogens (tertiary/aromatic N) is 2. The Morgan fingerprint density at radius 3 is 2.67 bits per heavy atom. The molecule has 5 nitrogen and oxygen atoms in total. The lowest BCUT2D eigenvalue weighted by molar-refractivity contribution is -0.129.